The van der Waals surface area contributed by atoms with E-state index in [0.29, 0.717) is 5.82 Å². The Morgan fingerprint density at radius 2 is 2.06 bits per heavy atom. The van der Waals surface area contributed by atoms with Crippen molar-refractivity contribution < 1.29 is 4.74 Å². The van der Waals surface area contributed by atoms with Gasteiger partial charge >= 0.3 is 0 Å². The number of hydrogen-bond acceptors (Lipinski definition) is 4. The highest BCUT2D eigenvalue weighted by Crippen LogP contribution is 2.16. The molecule has 0 unspecified atom stereocenters. The average Bonchev–Trinajstić information content (AvgIpc) is 2.14. The summed E-state index contributed by atoms with van der Waals surface area (Å²) < 4.78 is 5.64. The van der Waals surface area contributed by atoms with E-state index in [-0.39, 0.29) is 17.8 Å². The van der Waals surface area contributed by atoms with Crippen molar-refractivity contribution in [3.63, 3.8) is 0 Å². The normalized spacial score (nSPS) is 25.8. The number of nitrogens with zero attached hydrogens (tertiary/aromatic N) is 2. The van der Waals surface area contributed by atoms with Gasteiger partial charge < -0.3 is 14.6 Å². The molecular weight excluding hydrogens is 206 g/mol. The largest absolute Gasteiger partial charge is 0.372 e. The van der Waals surface area contributed by atoms with Gasteiger partial charge in [0.1, 0.15) is 11.6 Å². The van der Waals surface area contributed by atoms with Crippen LogP contribution in [0.5, 0.6) is 0 Å². The minimum atomic E-state index is -0.103. The maximum atomic E-state index is 11.4. The first-order chi connectivity index (χ1) is 7.54. The first kappa shape index (κ1) is 11.1. The maximum Gasteiger partial charge on any atom is 0.252 e. The first-order valence-electron chi connectivity index (χ1n) is 5.53. The Bertz CT molecular complexity index is 419. The minimum absolute atomic E-state index is 0.103. The SMILES string of the molecule is Cc1nc(N2C[C@@H](C)O[C@@H](C)C2)cc(=O)[nH]1. The lowest BCUT2D eigenvalue weighted by molar-refractivity contribution is -0.00548. The van der Waals surface area contributed by atoms with E-state index in [1.165, 1.54) is 6.07 Å². The fourth-order valence-electron chi connectivity index (χ4n) is 2.09. The van der Waals surface area contributed by atoms with E-state index in [9.17, 15) is 4.79 Å². The monoisotopic (exact) mass is 223 g/mol. The second kappa shape index (κ2) is 4.25. The molecule has 0 spiro atoms. The summed E-state index contributed by atoms with van der Waals surface area (Å²) in [6.45, 7) is 7.41. The lowest BCUT2D eigenvalue weighted by Crippen LogP contribution is -2.46. The van der Waals surface area contributed by atoms with Crippen molar-refractivity contribution >= 4 is 5.82 Å². The number of morpholine rings is 1. The third-order valence-electron chi connectivity index (χ3n) is 2.59. The molecule has 5 heteroatoms. The van der Waals surface area contributed by atoms with Gasteiger partial charge in [-0.25, -0.2) is 4.98 Å². The lowest BCUT2D eigenvalue weighted by atomic mass is 10.2. The smallest absolute Gasteiger partial charge is 0.252 e. The molecule has 1 aliphatic rings. The fourth-order valence-corrected chi connectivity index (χ4v) is 2.09. The third kappa shape index (κ3) is 2.41. The van der Waals surface area contributed by atoms with Crippen LogP contribution < -0.4 is 10.5 Å². The van der Waals surface area contributed by atoms with Crippen LogP contribution in [0.1, 0.15) is 19.7 Å². The van der Waals surface area contributed by atoms with Gasteiger partial charge in [0, 0.05) is 19.2 Å². The quantitative estimate of drug-likeness (QED) is 0.761. The molecule has 0 radical (unpaired) electrons. The lowest BCUT2D eigenvalue weighted by Gasteiger charge is -2.35. The predicted octanol–water partition coefficient (Wildman–Crippen LogP) is 0.692. The van der Waals surface area contributed by atoms with Gasteiger partial charge in [0.05, 0.1) is 12.2 Å². The Morgan fingerprint density at radius 1 is 1.44 bits per heavy atom. The Balaban J connectivity index is 2.26. The zero-order chi connectivity index (χ0) is 11.7. The molecule has 16 heavy (non-hydrogen) atoms. The molecule has 1 aliphatic heterocycles. The Labute approximate surface area is 94.5 Å². The molecular formula is C11H17N3O2. The molecule has 1 N–H and O–H groups in total. The van der Waals surface area contributed by atoms with Crippen LogP contribution in [0.2, 0.25) is 0 Å². The number of aromatic amines is 1. The van der Waals surface area contributed by atoms with E-state index in [1.807, 2.05) is 13.8 Å². The molecule has 88 valence electrons. The molecule has 1 aromatic rings. The predicted molar refractivity (Wildman–Crippen MR) is 61.8 cm³/mol. The molecule has 1 saturated heterocycles. The third-order valence-corrected chi connectivity index (χ3v) is 2.59. The highest BCUT2D eigenvalue weighted by molar-refractivity contribution is 5.38. The van der Waals surface area contributed by atoms with Crippen LogP contribution in [0.25, 0.3) is 0 Å². The molecule has 5 nitrogen and oxygen atoms in total. The Hall–Kier alpha value is -1.36. The van der Waals surface area contributed by atoms with Crippen molar-refractivity contribution in [3.05, 3.63) is 22.2 Å². The van der Waals surface area contributed by atoms with Crippen molar-refractivity contribution in [3.8, 4) is 0 Å². The Morgan fingerprint density at radius 3 is 2.62 bits per heavy atom. The zero-order valence-electron chi connectivity index (χ0n) is 9.86. The number of hydrogen-bond donors (Lipinski definition) is 1. The molecule has 0 aromatic carbocycles. The summed E-state index contributed by atoms with van der Waals surface area (Å²) in [5, 5.41) is 0. The standard InChI is InChI=1S/C11H17N3O2/c1-7-5-14(6-8(2)16-7)10-4-11(15)13-9(3)12-10/h4,7-8H,5-6H2,1-3H3,(H,12,13,15)/t7-,8+. The van der Waals surface area contributed by atoms with Gasteiger partial charge in [-0.2, -0.15) is 0 Å². The Kier molecular flexibility index (Phi) is 2.96. The van der Waals surface area contributed by atoms with Gasteiger partial charge in [-0.3, -0.25) is 4.79 Å². The van der Waals surface area contributed by atoms with Crippen LogP contribution in [-0.4, -0.2) is 35.3 Å². The van der Waals surface area contributed by atoms with E-state index in [0.717, 1.165) is 18.9 Å². The topological polar surface area (TPSA) is 58.2 Å². The summed E-state index contributed by atoms with van der Waals surface area (Å²) in [7, 11) is 0. The molecule has 0 saturated carbocycles. The highest BCUT2D eigenvalue weighted by atomic mass is 16.5. The van der Waals surface area contributed by atoms with E-state index in [4.69, 9.17) is 4.74 Å². The zero-order valence-corrected chi connectivity index (χ0v) is 9.86. The van der Waals surface area contributed by atoms with E-state index < -0.39 is 0 Å². The van der Waals surface area contributed by atoms with Gasteiger partial charge in [0.15, 0.2) is 0 Å². The van der Waals surface area contributed by atoms with Gasteiger partial charge in [-0.15, -0.1) is 0 Å². The molecule has 0 amide bonds. The summed E-state index contributed by atoms with van der Waals surface area (Å²) in [5.74, 6) is 1.39. The second-order valence-electron chi connectivity index (χ2n) is 4.35. The molecule has 2 rings (SSSR count). The van der Waals surface area contributed by atoms with Crippen LogP contribution in [-0.2, 0) is 4.74 Å². The van der Waals surface area contributed by atoms with E-state index in [2.05, 4.69) is 14.9 Å². The number of ether oxygens (including phenoxy) is 1. The van der Waals surface area contributed by atoms with Gasteiger partial charge in [0.2, 0.25) is 0 Å². The van der Waals surface area contributed by atoms with Crippen LogP contribution in [0.15, 0.2) is 10.9 Å². The first-order valence-corrected chi connectivity index (χ1v) is 5.53. The van der Waals surface area contributed by atoms with Crippen molar-refractivity contribution in [2.75, 3.05) is 18.0 Å². The van der Waals surface area contributed by atoms with Crippen LogP contribution in [0, 0.1) is 6.92 Å². The van der Waals surface area contributed by atoms with Crippen LogP contribution in [0.3, 0.4) is 0 Å². The number of H-pyrrole nitrogens is 1. The summed E-state index contributed by atoms with van der Waals surface area (Å²) >= 11 is 0. The molecule has 0 aliphatic carbocycles. The molecule has 2 atom stereocenters. The number of rotatable bonds is 1. The molecule has 1 aromatic heterocycles. The number of aryl methyl sites for hydroxylation is 1. The van der Waals surface area contributed by atoms with Crippen LogP contribution >= 0.6 is 0 Å². The van der Waals surface area contributed by atoms with Gasteiger partial charge in [0.25, 0.3) is 5.56 Å². The number of aromatic nitrogens is 2. The van der Waals surface area contributed by atoms with E-state index >= 15 is 0 Å². The van der Waals surface area contributed by atoms with E-state index in [1.54, 1.807) is 6.92 Å². The highest BCUT2D eigenvalue weighted by Gasteiger charge is 2.23. The van der Waals surface area contributed by atoms with Gasteiger partial charge in [-0.1, -0.05) is 0 Å². The van der Waals surface area contributed by atoms with Crippen molar-refractivity contribution in [1.29, 1.82) is 0 Å². The average molecular weight is 223 g/mol. The maximum absolute atomic E-state index is 11.4. The molecule has 0 bridgehead atoms. The number of nitrogens with one attached hydrogen (secondary N) is 1. The fraction of sp³-hybridized carbons (Fsp3) is 0.636. The van der Waals surface area contributed by atoms with Gasteiger partial charge in [-0.05, 0) is 20.8 Å². The van der Waals surface area contributed by atoms with Crippen molar-refractivity contribution in [2.45, 2.75) is 33.0 Å². The van der Waals surface area contributed by atoms with Crippen molar-refractivity contribution in [1.82, 2.24) is 9.97 Å². The van der Waals surface area contributed by atoms with Crippen molar-refractivity contribution in [2.24, 2.45) is 0 Å². The minimum Gasteiger partial charge on any atom is -0.372 e. The number of anilines is 1. The molecule has 2 heterocycles. The van der Waals surface area contributed by atoms with Crippen LogP contribution in [0.4, 0.5) is 5.82 Å². The summed E-state index contributed by atoms with van der Waals surface area (Å²) in [5.41, 5.74) is -0.103. The summed E-state index contributed by atoms with van der Waals surface area (Å²) in [6.07, 6.45) is 0.343. The summed E-state index contributed by atoms with van der Waals surface area (Å²) in [6, 6.07) is 1.54. The summed E-state index contributed by atoms with van der Waals surface area (Å²) in [4.78, 5) is 20.5. The second-order valence-corrected chi connectivity index (χ2v) is 4.35. The molecule has 1 fully saturated rings.